The van der Waals surface area contributed by atoms with Gasteiger partial charge in [-0.15, -0.1) is 0 Å². The molecule has 0 amide bonds. The zero-order valence-corrected chi connectivity index (χ0v) is 7.22. The Morgan fingerprint density at radius 1 is 1.36 bits per heavy atom. The largest absolute Gasteiger partial charge is 0.504 e. The van der Waals surface area contributed by atoms with E-state index in [1.54, 1.807) is 6.26 Å². The lowest BCUT2D eigenvalue weighted by molar-refractivity contribution is 0.330. The quantitative estimate of drug-likeness (QED) is 0.581. The van der Waals surface area contributed by atoms with E-state index in [4.69, 9.17) is 9.84 Å². The summed E-state index contributed by atoms with van der Waals surface area (Å²) in [6.07, 6.45) is 2.80. The lowest BCUT2D eigenvalue weighted by atomic mass is 10.1. The summed E-state index contributed by atoms with van der Waals surface area (Å²) in [5, 5.41) is 8.94. The highest BCUT2D eigenvalue weighted by atomic mass is 16.5. The number of allylic oxidation sites excluding steroid dienone is 1. The van der Waals surface area contributed by atoms with Crippen molar-refractivity contribution in [2.45, 2.75) is 20.8 Å². The summed E-state index contributed by atoms with van der Waals surface area (Å²) in [5.74, 6) is 0.106. The number of hydrogen-bond donors (Lipinski definition) is 1. The molecular weight excluding hydrogens is 140 g/mol. The van der Waals surface area contributed by atoms with Crippen LogP contribution >= 0.6 is 0 Å². The Morgan fingerprint density at radius 3 is 2.27 bits per heavy atom. The molecule has 1 rings (SSSR count). The fraction of sp³-hybridized carbons (Fsp3) is 0.333. The Bertz CT molecular complexity index is 180. The topological polar surface area (TPSA) is 29.5 Å². The molecule has 0 bridgehead atoms. The van der Waals surface area contributed by atoms with Crippen molar-refractivity contribution in [2.24, 2.45) is 0 Å². The maximum absolute atomic E-state index is 8.94. The van der Waals surface area contributed by atoms with E-state index in [2.05, 4.69) is 6.58 Å². The van der Waals surface area contributed by atoms with Crippen molar-refractivity contribution in [1.82, 2.24) is 0 Å². The maximum Gasteiger partial charge on any atom is 0.157 e. The second-order valence-electron chi connectivity index (χ2n) is 1.92. The van der Waals surface area contributed by atoms with Crippen LogP contribution in [0.2, 0.25) is 0 Å². The van der Waals surface area contributed by atoms with Crippen LogP contribution in [-0.2, 0) is 4.74 Å². The summed E-state index contributed by atoms with van der Waals surface area (Å²) in [6.45, 7) is 9.43. The van der Waals surface area contributed by atoms with E-state index in [-0.39, 0.29) is 5.76 Å². The van der Waals surface area contributed by atoms with Crippen LogP contribution < -0.4 is 0 Å². The second-order valence-corrected chi connectivity index (χ2v) is 1.92. The van der Waals surface area contributed by atoms with Crippen LogP contribution in [0.15, 0.2) is 36.0 Å². The molecule has 0 saturated heterocycles. The number of rotatable bonds is 0. The Kier molecular flexibility index (Phi) is 4.11. The molecule has 0 spiro atoms. The van der Waals surface area contributed by atoms with Gasteiger partial charge in [0.1, 0.15) is 6.26 Å². The summed E-state index contributed by atoms with van der Waals surface area (Å²) < 4.78 is 4.73. The van der Waals surface area contributed by atoms with E-state index >= 15 is 0 Å². The van der Waals surface area contributed by atoms with Crippen molar-refractivity contribution in [3.8, 4) is 0 Å². The SMILES string of the molecule is C=C1C(C)=COC=C1O.CC. The number of hydrogen-bond acceptors (Lipinski definition) is 2. The third-order valence-electron chi connectivity index (χ3n) is 1.21. The predicted molar refractivity (Wildman–Crippen MR) is 46.0 cm³/mol. The Morgan fingerprint density at radius 2 is 1.91 bits per heavy atom. The molecule has 0 radical (unpaired) electrons. The Balaban J connectivity index is 0.000000461. The number of aliphatic hydroxyl groups is 1. The molecule has 1 N–H and O–H groups in total. The number of aliphatic hydroxyl groups excluding tert-OH is 1. The number of ether oxygens (including phenoxy) is 1. The van der Waals surface area contributed by atoms with E-state index in [1.165, 1.54) is 6.26 Å². The zero-order valence-electron chi connectivity index (χ0n) is 7.22. The van der Waals surface area contributed by atoms with Crippen LogP contribution in [0, 0.1) is 0 Å². The highest BCUT2D eigenvalue weighted by molar-refractivity contribution is 5.40. The van der Waals surface area contributed by atoms with Gasteiger partial charge in [0.05, 0.1) is 6.26 Å². The molecule has 1 aliphatic rings. The van der Waals surface area contributed by atoms with Crippen molar-refractivity contribution < 1.29 is 9.84 Å². The van der Waals surface area contributed by atoms with Gasteiger partial charge < -0.3 is 9.84 Å². The first-order valence-corrected chi connectivity index (χ1v) is 3.63. The molecule has 2 nitrogen and oxygen atoms in total. The summed E-state index contributed by atoms with van der Waals surface area (Å²) >= 11 is 0. The van der Waals surface area contributed by atoms with Crippen LogP contribution in [0.5, 0.6) is 0 Å². The van der Waals surface area contributed by atoms with Gasteiger partial charge in [-0.2, -0.15) is 0 Å². The van der Waals surface area contributed by atoms with Crippen LogP contribution in [0.25, 0.3) is 0 Å². The van der Waals surface area contributed by atoms with Crippen LogP contribution in [0.1, 0.15) is 20.8 Å². The van der Waals surface area contributed by atoms with Gasteiger partial charge >= 0.3 is 0 Å². The standard InChI is InChI=1S/C7H8O2.C2H6/c1-5-3-9-4-7(8)6(5)2;1-2/h3-4,8H,2H2,1H3;1-2H3. The minimum absolute atomic E-state index is 0.106. The molecule has 2 heteroatoms. The highest BCUT2D eigenvalue weighted by Gasteiger charge is 2.06. The molecule has 0 unspecified atom stereocenters. The average molecular weight is 154 g/mol. The molecule has 0 aromatic carbocycles. The van der Waals surface area contributed by atoms with E-state index in [9.17, 15) is 0 Å². The van der Waals surface area contributed by atoms with E-state index < -0.39 is 0 Å². The summed E-state index contributed by atoms with van der Waals surface area (Å²) in [6, 6.07) is 0. The molecular formula is C9H14O2. The Hall–Kier alpha value is -1.18. The van der Waals surface area contributed by atoms with Gasteiger partial charge in [-0.25, -0.2) is 0 Å². The first-order chi connectivity index (χ1) is 5.22. The summed E-state index contributed by atoms with van der Waals surface area (Å²) in [4.78, 5) is 0. The average Bonchev–Trinajstić information content (AvgIpc) is 2.04. The maximum atomic E-state index is 8.94. The monoisotopic (exact) mass is 154 g/mol. The van der Waals surface area contributed by atoms with Crippen LogP contribution in [0.4, 0.5) is 0 Å². The van der Waals surface area contributed by atoms with Crippen molar-refractivity contribution in [3.05, 3.63) is 36.0 Å². The molecule has 1 aliphatic heterocycles. The second kappa shape index (κ2) is 4.61. The van der Waals surface area contributed by atoms with Gasteiger partial charge in [0.25, 0.3) is 0 Å². The molecule has 11 heavy (non-hydrogen) atoms. The Labute approximate surface area is 67.5 Å². The van der Waals surface area contributed by atoms with Gasteiger partial charge in [0.2, 0.25) is 0 Å². The molecule has 1 heterocycles. The fourth-order valence-corrected chi connectivity index (χ4v) is 0.545. The van der Waals surface area contributed by atoms with Gasteiger partial charge in [-0.3, -0.25) is 0 Å². The molecule has 0 aliphatic carbocycles. The van der Waals surface area contributed by atoms with Crippen LogP contribution in [0.3, 0.4) is 0 Å². The zero-order chi connectivity index (χ0) is 8.85. The lowest BCUT2D eigenvalue weighted by Crippen LogP contribution is -1.94. The highest BCUT2D eigenvalue weighted by Crippen LogP contribution is 2.18. The molecule has 0 saturated carbocycles. The predicted octanol–water partition coefficient (Wildman–Crippen LogP) is 2.90. The minimum Gasteiger partial charge on any atom is -0.504 e. The summed E-state index contributed by atoms with van der Waals surface area (Å²) in [5.41, 5.74) is 1.48. The molecule has 0 atom stereocenters. The van der Waals surface area contributed by atoms with Gasteiger partial charge in [0.15, 0.2) is 5.76 Å². The normalized spacial score (nSPS) is 15.4. The van der Waals surface area contributed by atoms with E-state index in [0.29, 0.717) is 5.57 Å². The summed E-state index contributed by atoms with van der Waals surface area (Å²) in [7, 11) is 0. The molecule has 0 aromatic rings. The van der Waals surface area contributed by atoms with Crippen molar-refractivity contribution in [3.63, 3.8) is 0 Å². The molecule has 0 aromatic heterocycles. The van der Waals surface area contributed by atoms with Gasteiger partial charge in [-0.1, -0.05) is 20.4 Å². The third-order valence-corrected chi connectivity index (χ3v) is 1.21. The first kappa shape index (κ1) is 9.82. The minimum atomic E-state index is 0.106. The first-order valence-electron chi connectivity index (χ1n) is 3.63. The van der Waals surface area contributed by atoms with Crippen molar-refractivity contribution in [2.75, 3.05) is 0 Å². The fourth-order valence-electron chi connectivity index (χ4n) is 0.545. The van der Waals surface area contributed by atoms with E-state index in [0.717, 1.165) is 5.57 Å². The van der Waals surface area contributed by atoms with Crippen LogP contribution in [-0.4, -0.2) is 5.11 Å². The van der Waals surface area contributed by atoms with E-state index in [1.807, 2.05) is 20.8 Å². The smallest absolute Gasteiger partial charge is 0.157 e. The van der Waals surface area contributed by atoms with Gasteiger partial charge in [-0.05, 0) is 12.5 Å². The van der Waals surface area contributed by atoms with Gasteiger partial charge in [0, 0.05) is 5.57 Å². The molecule has 0 fully saturated rings. The third kappa shape index (κ3) is 2.50. The van der Waals surface area contributed by atoms with Crippen molar-refractivity contribution >= 4 is 0 Å². The molecule has 62 valence electrons. The lowest BCUT2D eigenvalue weighted by Gasteiger charge is -2.08. The van der Waals surface area contributed by atoms with Crippen molar-refractivity contribution in [1.29, 1.82) is 0 Å².